The van der Waals surface area contributed by atoms with Gasteiger partial charge in [-0.25, -0.2) is 0 Å². The molecule has 0 heterocycles. The van der Waals surface area contributed by atoms with Gasteiger partial charge in [-0.1, -0.05) is 48.5 Å². The first-order valence-electron chi connectivity index (χ1n) is 11.4. The molecule has 0 bridgehead atoms. The highest BCUT2D eigenvalue weighted by Gasteiger charge is 2.22. The molecule has 0 saturated carbocycles. The Morgan fingerprint density at radius 2 is 0.679 bits per heavy atom. The Hall–Kier alpha value is -1.64. The minimum Gasteiger partial charge on any atom is -0.321 e. The van der Waals surface area contributed by atoms with E-state index in [1.807, 2.05) is 0 Å². The topological polar surface area (TPSA) is 0 Å². The Kier molecular flexibility index (Phi) is 8.27. The SMILES string of the molecule is CC[N+](CC)(CC)Cc1ccc(-c2ccc(C[N+](CC)(CC)CC)cc2)cc1. The highest BCUT2D eigenvalue weighted by Crippen LogP contribution is 2.23. The minimum absolute atomic E-state index is 1.13. The van der Waals surface area contributed by atoms with Gasteiger partial charge in [0.05, 0.1) is 39.3 Å². The first-order chi connectivity index (χ1) is 13.5. The second-order valence-corrected chi connectivity index (χ2v) is 8.29. The van der Waals surface area contributed by atoms with E-state index in [1.54, 1.807) is 0 Å². The van der Waals surface area contributed by atoms with Gasteiger partial charge in [0.2, 0.25) is 0 Å². The van der Waals surface area contributed by atoms with Gasteiger partial charge < -0.3 is 8.97 Å². The molecule has 2 heteroatoms. The van der Waals surface area contributed by atoms with E-state index in [4.69, 9.17) is 0 Å². The summed E-state index contributed by atoms with van der Waals surface area (Å²) in [6.07, 6.45) is 0. The van der Waals surface area contributed by atoms with E-state index in [9.17, 15) is 0 Å². The Balaban J connectivity index is 2.12. The Bertz CT molecular complexity index is 612. The largest absolute Gasteiger partial charge is 0.321 e. The summed E-state index contributed by atoms with van der Waals surface area (Å²) < 4.78 is 2.33. The Morgan fingerprint density at radius 1 is 0.429 bits per heavy atom. The molecule has 0 aromatic heterocycles. The second kappa shape index (κ2) is 10.2. The third kappa shape index (κ3) is 5.24. The zero-order valence-electron chi connectivity index (χ0n) is 19.2. The summed E-state index contributed by atoms with van der Waals surface area (Å²) in [6.45, 7) is 23.3. The van der Waals surface area contributed by atoms with Gasteiger partial charge in [-0.2, -0.15) is 0 Å². The molecule has 0 atom stereocenters. The van der Waals surface area contributed by atoms with Crippen LogP contribution in [0.25, 0.3) is 11.1 Å². The predicted molar refractivity (Wildman–Crippen MR) is 123 cm³/mol. The molecule has 0 aliphatic carbocycles. The molecule has 0 aliphatic heterocycles. The van der Waals surface area contributed by atoms with E-state index < -0.39 is 0 Å². The quantitative estimate of drug-likeness (QED) is 0.412. The summed E-state index contributed by atoms with van der Waals surface area (Å²) in [7, 11) is 0. The van der Waals surface area contributed by atoms with Crippen molar-refractivity contribution in [1.82, 2.24) is 0 Å². The highest BCUT2D eigenvalue weighted by molar-refractivity contribution is 5.63. The number of rotatable bonds is 11. The second-order valence-electron chi connectivity index (χ2n) is 8.29. The van der Waals surface area contributed by atoms with Gasteiger partial charge in [0.15, 0.2) is 0 Å². The average Bonchev–Trinajstić information content (AvgIpc) is 2.77. The maximum Gasteiger partial charge on any atom is 0.104 e. The van der Waals surface area contributed by atoms with Crippen LogP contribution in [0.15, 0.2) is 48.5 Å². The number of hydrogen-bond acceptors (Lipinski definition) is 0. The maximum absolute atomic E-state index is 2.32. The van der Waals surface area contributed by atoms with Crippen LogP contribution in [-0.4, -0.2) is 48.2 Å². The lowest BCUT2D eigenvalue weighted by Gasteiger charge is -2.36. The molecule has 28 heavy (non-hydrogen) atoms. The van der Waals surface area contributed by atoms with Crippen molar-refractivity contribution in [3.8, 4) is 11.1 Å². The predicted octanol–water partition coefficient (Wildman–Crippen LogP) is 6.11. The molecule has 2 aromatic carbocycles. The molecule has 2 rings (SSSR count). The fraction of sp³-hybridized carbons (Fsp3) is 0.538. The van der Waals surface area contributed by atoms with Crippen molar-refractivity contribution in [3.63, 3.8) is 0 Å². The van der Waals surface area contributed by atoms with E-state index >= 15 is 0 Å². The Labute approximate surface area is 174 Å². The highest BCUT2D eigenvalue weighted by atomic mass is 15.3. The van der Waals surface area contributed by atoms with Gasteiger partial charge in [-0.15, -0.1) is 0 Å². The zero-order chi connectivity index (χ0) is 20.6. The van der Waals surface area contributed by atoms with Crippen molar-refractivity contribution >= 4 is 0 Å². The molecule has 0 fully saturated rings. The summed E-state index contributed by atoms with van der Waals surface area (Å²) in [6, 6.07) is 18.5. The molecule has 0 aliphatic rings. The van der Waals surface area contributed by atoms with Gasteiger partial charge in [0, 0.05) is 11.1 Å². The molecular weight excluding hydrogens is 340 g/mol. The van der Waals surface area contributed by atoms with Crippen molar-refractivity contribution in [2.75, 3.05) is 39.3 Å². The van der Waals surface area contributed by atoms with Crippen LogP contribution in [0.4, 0.5) is 0 Å². The van der Waals surface area contributed by atoms with E-state index in [1.165, 1.54) is 70.5 Å². The van der Waals surface area contributed by atoms with Crippen molar-refractivity contribution in [1.29, 1.82) is 0 Å². The summed E-state index contributed by atoms with van der Waals surface area (Å²) in [5.74, 6) is 0. The van der Waals surface area contributed by atoms with Gasteiger partial charge >= 0.3 is 0 Å². The van der Waals surface area contributed by atoms with Crippen LogP contribution < -0.4 is 0 Å². The lowest BCUT2D eigenvalue weighted by Crippen LogP contribution is -2.46. The molecular formula is C26H42N2+2. The van der Waals surface area contributed by atoms with Gasteiger partial charge in [-0.05, 0) is 52.7 Å². The summed E-state index contributed by atoms with van der Waals surface area (Å²) in [5.41, 5.74) is 5.53. The lowest BCUT2D eigenvalue weighted by atomic mass is 10.0. The van der Waals surface area contributed by atoms with Gasteiger partial charge in [0.25, 0.3) is 0 Å². The number of hydrogen-bond donors (Lipinski definition) is 0. The first kappa shape index (κ1) is 22.6. The monoisotopic (exact) mass is 382 g/mol. The van der Waals surface area contributed by atoms with Crippen LogP contribution in [0, 0.1) is 0 Å². The number of quaternary nitrogens is 2. The summed E-state index contributed by atoms with van der Waals surface area (Å²) >= 11 is 0. The molecule has 2 nitrogen and oxygen atoms in total. The fourth-order valence-corrected chi connectivity index (χ4v) is 4.39. The maximum atomic E-state index is 2.32. The van der Waals surface area contributed by atoms with E-state index in [2.05, 4.69) is 90.1 Å². The smallest absolute Gasteiger partial charge is 0.104 e. The van der Waals surface area contributed by atoms with Crippen LogP contribution >= 0.6 is 0 Å². The van der Waals surface area contributed by atoms with Gasteiger partial charge in [-0.3, -0.25) is 0 Å². The van der Waals surface area contributed by atoms with Crippen molar-refractivity contribution in [3.05, 3.63) is 59.7 Å². The fourth-order valence-electron chi connectivity index (χ4n) is 4.39. The van der Waals surface area contributed by atoms with Crippen LogP contribution in [0.5, 0.6) is 0 Å². The molecule has 0 amide bonds. The van der Waals surface area contributed by atoms with Crippen molar-refractivity contribution in [2.45, 2.75) is 54.6 Å². The van der Waals surface area contributed by atoms with E-state index in [-0.39, 0.29) is 0 Å². The lowest BCUT2D eigenvalue weighted by molar-refractivity contribution is -0.936. The first-order valence-corrected chi connectivity index (χ1v) is 11.4. The van der Waals surface area contributed by atoms with Crippen LogP contribution in [0.3, 0.4) is 0 Å². The minimum atomic E-state index is 1.13. The zero-order valence-corrected chi connectivity index (χ0v) is 19.2. The van der Waals surface area contributed by atoms with Crippen molar-refractivity contribution in [2.24, 2.45) is 0 Å². The van der Waals surface area contributed by atoms with Gasteiger partial charge in [0.1, 0.15) is 13.1 Å². The molecule has 0 radical (unpaired) electrons. The number of benzene rings is 2. The molecule has 154 valence electrons. The van der Waals surface area contributed by atoms with Crippen LogP contribution in [0.1, 0.15) is 52.7 Å². The molecule has 0 spiro atoms. The summed E-state index contributed by atoms with van der Waals surface area (Å²) in [5, 5.41) is 0. The standard InChI is InChI=1S/C26H42N2/c1-7-27(8-2,9-3)21-23-13-17-25(18-14-23)26-19-15-24(16-20-26)22-28(10-4,11-5)12-6/h13-20H,7-12,21-22H2,1-6H3/q+2. The average molecular weight is 383 g/mol. The van der Waals surface area contributed by atoms with Crippen molar-refractivity contribution < 1.29 is 8.97 Å². The molecule has 0 N–H and O–H groups in total. The van der Waals surface area contributed by atoms with Crippen LogP contribution in [0.2, 0.25) is 0 Å². The van der Waals surface area contributed by atoms with E-state index in [0.29, 0.717) is 0 Å². The number of nitrogens with zero attached hydrogens (tertiary/aromatic N) is 2. The molecule has 0 saturated heterocycles. The third-order valence-electron chi connectivity index (χ3n) is 7.30. The third-order valence-corrected chi connectivity index (χ3v) is 7.30. The molecule has 2 aromatic rings. The Morgan fingerprint density at radius 3 is 0.893 bits per heavy atom. The van der Waals surface area contributed by atoms with Crippen LogP contribution in [-0.2, 0) is 13.1 Å². The summed E-state index contributed by atoms with van der Waals surface area (Å²) in [4.78, 5) is 0. The normalized spacial score (nSPS) is 12.4. The molecule has 0 unspecified atom stereocenters. The van der Waals surface area contributed by atoms with E-state index in [0.717, 1.165) is 13.1 Å².